The molecule has 0 aliphatic rings. The van der Waals surface area contributed by atoms with E-state index in [-0.39, 0.29) is 12.1 Å². The summed E-state index contributed by atoms with van der Waals surface area (Å²) in [5, 5.41) is 0. The van der Waals surface area contributed by atoms with Crippen LogP contribution in [0.5, 0.6) is 0 Å². The predicted molar refractivity (Wildman–Crippen MR) is 69.5 cm³/mol. The van der Waals surface area contributed by atoms with Crippen molar-refractivity contribution in [3.05, 3.63) is 29.6 Å². The first-order valence-corrected chi connectivity index (χ1v) is 6.12. The molecule has 2 atom stereocenters. The Morgan fingerprint density at radius 2 is 2.24 bits per heavy atom. The van der Waals surface area contributed by atoms with Gasteiger partial charge in [-0.2, -0.15) is 0 Å². The van der Waals surface area contributed by atoms with Gasteiger partial charge < -0.3 is 4.74 Å². The van der Waals surface area contributed by atoms with Crippen LogP contribution in [-0.2, 0) is 17.6 Å². The maximum atomic E-state index is 5.55. The number of nitrogens with zero attached hydrogens (tertiary/aromatic N) is 1. The number of hydrazine groups is 1. The number of pyridine rings is 1. The number of methoxy groups -OCH3 is 1. The van der Waals surface area contributed by atoms with Crippen molar-refractivity contribution >= 4 is 0 Å². The summed E-state index contributed by atoms with van der Waals surface area (Å²) < 4.78 is 5.24. The molecule has 0 amide bonds. The molecule has 0 aliphatic heterocycles. The number of nitrogens with two attached hydrogens (primary N) is 1. The van der Waals surface area contributed by atoms with Crippen molar-refractivity contribution in [1.82, 2.24) is 10.4 Å². The Morgan fingerprint density at radius 3 is 2.71 bits per heavy atom. The van der Waals surface area contributed by atoms with Gasteiger partial charge in [0.1, 0.15) is 0 Å². The van der Waals surface area contributed by atoms with Gasteiger partial charge in [0, 0.05) is 31.5 Å². The fourth-order valence-electron chi connectivity index (χ4n) is 1.74. The van der Waals surface area contributed by atoms with E-state index < -0.39 is 0 Å². The highest BCUT2D eigenvalue weighted by atomic mass is 16.5. The first kappa shape index (κ1) is 14.1. The van der Waals surface area contributed by atoms with Gasteiger partial charge in [-0.25, -0.2) is 0 Å². The Balaban J connectivity index is 2.54. The standard InChI is InChI=1S/C13H23N3O/c1-4-11-5-6-12(15-9-11)8-13(16-14)7-10(2)17-3/h5-6,9-10,13,16H,4,7-8,14H2,1-3H3. The van der Waals surface area contributed by atoms with E-state index in [9.17, 15) is 0 Å². The third kappa shape index (κ3) is 4.81. The minimum Gasteiger partial charge on any atom is -0.382 e. The third-order valence-corrected chi connectivity index (χ3v) is 3.00. The summed E-state index contributed by atoms with van der Waals surface area (Å²) in [6.07, 6.45) is 4.86. The highest BCUT2D eigenvalue weighted by Gasteiger charge is 2.12. The lowest BCUT2D eigenvalue weighted by atomic mass is 10.0. The second-order valence-corrected chi connectivity index (χ2v) is 4.36. The van der Waals surface area contributed by atoms with Gasteiger partial charge in [0.15, 0.2) is 0 Å². The van der Waals surface area contributed by atoms with Gasteiger partial charge in [0.25, 0.3) is 0 Å². The molecule has 0 fully saturated rings. The summed E-state index contributed by atoms with van der Waals surface area (Å²) in [4.78, 5) is 4.43. The summed E-state index contributed by atoms with van der Waals surface area (Å²) in [6.45, 7) is 4.17. The molecule has 1 rings (SSSR count). The van der Waals surface area contributed by atoms with Crippen molar-refractivity contribution in [3.63, 3.8) is 0 Å². The van der Waals surface area contributed by atoms with Gasteiger partial charge in [0.05, 0.1) is 6.10 Å². The minimum atomic E-state index is 0.199. The third-order valence-electron chi connectivity index (χ3n) is 3.00. The summed E-state index contributed by atoms with van der Waals surface area (Å²) in [5.41, 5.74) is 5.15. The zero-order valence-electron chi connectivity index (χ0n) is 10.9. The molecule has 4 heteroatoms. The van der Waals surface area contributed by atoms with Crippen LogP contribution in [-0.4, -0.2) is 24.2 Å². The molecular formula is C13H23N3O. The molecule has 0 radical (unpaired) electrons. The maximum absolute atomic E-state index is 5.55. The van der Waals surface area contributed by atoms with Crippen molar-refractivity contribution in [3.8, 4) is 0 Å². The van der Waals surface area contributed by atoms with Crippen LogP contribution < -0.4 is 11.3 Å². The van der Waals surface area contributed by atoms with Crippen LogP contribution in [0.25, 0.3) is 0 Å². The van der Waals surface area contributed by atoms with Crippen molar-refractivity contribution in [2.24, 2.45) is 5.84 Å². The number of aromatic nitrogens is 1. The molecule has 0 bridgehead atoms. The molecule has 3 N–H and O–H groups in total. The average molecular weight is 237 g/mol. The van der Waals surface area contributed by atoms with Gasteiger partial charge >= 0.3 is 0 Å². The zero-order valence-corrected chi connectivity index (χ0v) is 10.9. The molecule has 0 saturated carbocycles. The van der Waals surface area contributed by atoms with Crippen LogP contribution in [0, 0.1) is 0 Å². The Hall–Kier alpha value is -0.970. The first-order chi connectivity index (χ1) is 8.19. The quantitative estimate of drug-likeness (QED) is 0.556. The molecule has 17 heavy (non-hydrogen) atoms. The number of ether oxygens (including phenoxy) is 1. The Bertz CT molecular complexity index is 313. The van der Waals surface area contributed by atoms with Crippen molar-refractivity contribution in [2.75, 3.05) is 7.11 Å². The molecule has 1 heterocycles. The lowest BCUT2D eigenvalue weighted by Gasteiger charge is -2.19. The van der Waals surface area contributed by atoms with Crippen LogP contribution in [0.3, 0.4) is 0 Å². The lowest BCUT2D eigenvalue weighted by Crippen LogP contribution is -2.39. The normalized spacial score (nSPS) is 14.6. The van der Waals surface area contributed by atoms with Gasteiger partial charge in [-0.05, 0) is 31.4 Å². The second-order valence-electron chi connectivity index (χ2n) is 4.36. The molecule has 1 aromatic heterocycles. The Morgan fingerprint density at radius 1 is 1.47 bits per heavy atom. The lowest BCUT2D eigenvalue weighted by molar-refractivity contribution is 0.100. The van der Waals surface area contributed by atoms with E-state index in [1.807, 2.05) is 13.1 Å². The molecule has 0 saturated heterocycles. The van der Waals surface area contributed by atoms with Crippen molar-refractivity contribution in [2.45, 2.75) is 45.3 Å². The SMILES string of the molecule is CCc1ccc(CC(CC(C)OC)NN)nc1. The van der Waals surface area contributed by atoms with Gasteiger partial charge in [0.2, 0.25) is 0 Å². The van der Waals surface area contributed by atoms with E-state index in [2.05, 4.69) is 29.5 Å². The summed E-state index contributed by atoms with van der Waals surface area (Å²) >= 11 is 0. The van der Waals surface area contributed by atoms with Crippen LogP contribution in [0.1, 0.15) is 31.5 Å². The number of nitrogens with one attached hydrogen (secondary N) is 1. The molecular weight excluding hydrogens is 214 g/mol. The molecule has 0 aromatic carbocycles. The smallest absolute Gasteiger partial charge is 0.0558 e. The van der Waals surface area contributed by atoms with E-state index in [4.69, 9.17) is 10.6 Å². The van der Waals surface area contributed by atoms with Crippen LogP contribution in [0.2, 0.25) is 0 Å². The predicted octanol–water partition coefficient (Wildman–Crippen LogP) is 1.44. The molecule has 0 aliphatic carbocycles. The van der Waals surface area contributed by atoms with Gasteiger partial charge in [-0.15, -0.1) is 0 Å². The van der Waals surface area contributed by atoms with Crippen molar-refractivity contribution < 1.29 is 4.74 Å². The monoisotopic (exact) mass is 237 g/mol. The fourth-order valence-corrected chi connectivity index (χ4v) is 1.74. The number of aryl methyl sites for hydroxylation is 1. The average Bonchev–Trinajstić information content (AvgIpc) is 2.38. The molecule has 0 spiro atoms. The van der Waals surface area contributed by atoms with E-state index in [1.54, 1.807) is 7.11 Å². The first-order valence-electron chi connectivity index (χ1n) is 6.12. The maximum Gasteiger partial charge on any atom is 0.0558 e. The summed E-state index contributed by atoms with van der Waals surface area (Å²) in [6, 6.07) is 4.39. The van der Waals surface area contributed by atoms with E-state index in [0.717, 1.165) is 25.0 Å². The zero-order chi connectivity index (χ0) is 12.7. The Kier molecular flexibility index (Phi) is 6.11. The van der Waals surface area contributed by atoms with E-state index in [1.165, 1.54) is 5.56 Å². The number of hydrogen-bond donors (Lipinski definition) is 2. The topological polar surface area (TPSA) is 60.2 Å². The second kappa shape index (κ2) is 7.37. The minimum absolute atomic E-state index is 0.199. The fraction of sp³-hybridized carbons (Fsp3) is 0.615. The number of hydrogen-bond acceptors (Lipinski definition) is 4. The van der Waals surface area contributed by atoms with Crippen LogP contribution in [0.4, 0.5) is 0 Å². The van der Waals surface area contributed by atoms with Crippen LogP contribution in [0.15, 0.2) is 18.3 Å². The highest BCUT2D eigenvalue weighted by Crippen LogP contribution is 2.08. The van der Waals surface area contributed by atoms with Gasteiger partial charge in [-0.3, -0.25) is 16.3 Å². The highest BCUT2D eigenvalue weighted by molar-refractivity contribution is 5.14. The summed E-state index contributed by atoms with van der Waals surface area (Å²) in [7, 11) is 1.71. The largest absolute Gasteiger partial charge is 0.382 e. The van der Waals surface area contributed by atoms with Gasteiger partial charge in [-0.1, -0.05) is 13.0 Å². The number of rotatable bonds is 7. The molecule has 4 nitrogen and oxygen atoms in total. The Labute approximate surface area is 104 Å². The molecule has 96 valence electrons. The molecule has 1 aromatic rings. The van der Waals surface area contributed by atoms with E-state index >= 15 is 0 Å². The summed E-state index contributed by atoms with van der Waals surface area (Å²) in [5.74, 6) is 5.55. The molecule has 2 unspecified atom stereocenters. The van der Waals surface area contributed by atoms with Crippen molar-refractivity contribution in [1.29, 1.82) is 0 Å². The van der Waals surface area contributed by atoms with Crippen LogP contribution >= 0.6 is 0 Å². The van der Waals surface area contributed by atoms with E-state index in [0.29, 0.717) is 0 Å².